The van der Waals surface area contributed by atoms with Crippen molar-refractivity contribution in [1.82, 2.24) is 9.78 Å². The van der Waals surface area contributed by atoms with Gasteiger partial charge in [0.2, 0.25) is 0 Å². The van der Waals surface area contributed by atoms with Crippen molar-refractivity contribution in [1.29, 1.82) is 0 Å². The van der Waals surface area contributed by atoms with E-state index in [1.807, 2.05) is 31.6 Å². The van der Waals surface area contributed by atoms with Crippen molar-refractivity contribution in [3.8, 4) is 0 Å². The molecule has 1 unspecified atom stereocenters. The zero-order valence-electron chi connectivity index (χ0n) is 12.9. The number of hydrogen-bond donors (Lipinski definition) is 0. The van der Waals surface area contributed by atoms with E-state index in [2.05, 4.69) is 34.5 Å². The number of nitrogens with zero attached hydrogens (tertiary/aromatic N) is 3. The van der Waals surface area contributed by atoms with E-state index in [1.165, 1.54) is 5.56 Å². The van der Waals surface area contributed by atoms with E-state index in [0.717, 1.165) is 22.0 Å². The summed E-state index contributed by atoms with van der Waals surface area (Å²) in [6, 6.07) is 10.4. The Morgan fingerprint density at radius 2 is 2.09 bits per heavy atom. The van der Waals surface area contributed by atoms with E-state index in [9.17, 15) is 0 Å². The van der Waals surface area contributed by atoms with Crippen molar-refractivity contribution in [3.05, 3.63) is 47.2 Å². The Labute approximate surface area is 134 Å². The topological polar surface area (TPSA) is 48.6 Å². The summed E-state index contributed by atoms with van der Waals surface area (Å²) < 4.78 is 7.60. The first-order chi connectivity index (χ1) is 10.6. The van der Waals surface area contributed by atoms with E-state index in [-0.39, 0.29) is 6.10 Å². The molecule has 0 N–H and O–H groups in total. The van der Waals surface area contributed by atoms with Gasteiger partial charge in [0, 0.05) is 12.8 Å². The lowest BCUT2D eigenvalue weighted by Gasteiger charge is -2.19. The molecule has 22 heavy (non-hydrogen) atoms. The number of rotatable bonds is 4. The maximum atomic E-state index is 5.72. The Kier molecular flexibility index (Phi) is 4.38. The fraction of sp³-hybridized carbons (Fsp3) is 0.375. The highest BCUT2D eigenvalue weighted by Gasteiger charge is 2.24. The number of aryl methyl sites for hydroxylation is 2. The first kappa shape index (κ1) is 15.0. The molecule has 1 aliphatic rings. The molecular weight excluding hydrogens is 298 g/mol. The molecule has 0 spiro atoms. The lowest BCUT2D eigenvalue weighted by Crippen LogP contribution is -2.24. The zero-order chi connectivity index (χ0) is 15.5. The Hall–Kier alpha value is -1.95. The monoisotopic (exact) mass is 317 g/mol. The molecule has 1 atom stereocenters. The first-order valence-corrected chi connectivity index (χ1v) is 8.21. The van der Waals surface area contributed by atoms with E-state index in [1.54, 1.807) is 11.8 Å². The van der Waals surface area contributed by atoms with E-state index >= 15 is 0 Å². The lowest BCUT2D eigenvalue weighted by atomic mass is 10.2. The minimum absolute atomic E-state index is 0.0128. The molecule has 6 heteroatoms. The van der Waals surface area contributed by atoms with E-state index in [0.29, 0.717) is 12.5 Å². The summed E-state index contributed by atoms with van der Waals surface area (Å²) >= 11 is 1.73. The third-order valence-electron chi connectivity index (χ3n) is 3.37. The molecule has 2 heterocycles. The van der Waals surface area contributed by atoms with Crippen LogP contribution in [-0.2, 0) is 22.4 Å². The molecule has 0 saturated heterocycles. The van der Waals surface area contributed by atoms with Gasteiger partial charge >= 0.3 is 0 Å². The molecule has 116 valence electrons. The SMILES string of the molecule is Cc1nn(C)c(SCc2ccccc2)c1C1=NOC(C)CO1. The Morgan fingerprint density at radius 3 is 2.77 bits per heavy atom. The maximum Gasteiger partial charge on any atom is 0.262 e. The number of hydrogen-bond acceptors (Lipinski definition) is 5. The molecule has 3 rings (SSSR count). The van der Waals surface area contributed by atoms with Gasteiger partial charge in [-0.1, -0.05) is 30.3 Å². The largest absolute Gasteiger partial charge is 0.471 e. The number of benzene rings is 1. The summed E-state index contributed by atoms with van der Waals surface area (Å²) in [5, 5.41) is 9.64. The molecule has 0 radical (unpaired) electrons. The predicted octanol–water partition coefficient (Wildman–Crippen LogP) is 3.12. The molecule has 0 fully saturated rings. The first-order valence-electron chi connectivity index (χ1n) is 7.22. The standard InChI is InChI=1S/C16H19N3O2S/c1-11-9-20-15(18-21-11)14-12(2)17-19(3)16(14)22-10-13-7-5-4-6-8-13/h4-8,11H,9-10H2,1-3H3. The number of oxime groups is 1. The van der Waals surface area contributed by atoms with Gasteiger partial charge in [0.15, 0.2) is 6.10 Å². The molecular formula is C16H19N3O2S. The van der Waals surface area contributed by atoms with Crippen LogP contribution in [0, 0.1) is 6.92 Å². The fourth-order valence-electron chi connectivity index (χ4n) is 2.28. The van der Waals surface area contributed by atoms with Gasteiger partial charge in [-0.25, -0.2) is 0 Å². The number of thioether (sulfide) groups is 1. The fourth-order valence-corrected chi connectivity index (χ4v) is 3.39. The van der Waals surface area contributed by atoms with Crippen molar-refractivity contribution < 1.29 is 9.57 Å². The van der Waals surface area contributed by atoms with Gasteiger partial charge in [0.1, 0.15) is 11.6 Å². The molecule has 1 aromatic heterocycles. The Balaban J connectivity index is 1.85. The van der Waals surface area contributed by atoms with Gasteiger partial charge in [0.25, 0.3) is 5.90 Å². The average molecular weight is 317 g/mol. The van der Waals surface area contributed by atoms with Crippen molar-refractivity contribution >= 4 is 17.7 Å². The third kappa shape index (κ3) is 3.11. The highest BCUT2D eigenvalue weighted by Crippen LogP contribution is 2.29. The molecule has 0 bridgehead atoms. The Bertz CT molecular complexity index is 682. The summed E-state index contributed by atoms with van der Waals surface area (Å²) in [7, 11) is 1.94. The van der Waals surface area contributed by atoms with E-state index < -0.39 is 0 Å². The summed E-state index contributed by atoms with van der Waals surface area (Å²) in [5.74, 6) is 1.40. The van der Waals surface area contributed by atoms with Crippen LogP contribution in [0.3, 0.4) is 0 Å². The third-order valence-corrected chi connectivity index (χ3v) is 4.59. The van der Waals surface area contributed by atoms with Crippen LogP contribution >= 0.6 is 11.8 Å². The van der Waals surface area contributed by atoms with Gasteiger partial charge in [-0.05, 0) is 24.6 Å². The van der Waals surface area contributed by atoms with Crippen molar-refractivity contribution in [2.24, 2.45) is 12.2 Å². The van der Waals surface area contributed by atoms with Crippen LogP contribution in [0.15, 0.2) is 40.5 Å². The van der Waals surface area contributed by atoms with Crippen LogP contribution in [0.25, 0.3) is 0 Å². The lowest BCUT2D eigenvalue weighted by molar-refractivity contribution is 0.00136. The van der Waals surface area contributed by atoms with Crippen LogP contribution < -0.4 is 0 Å². The van der Waals surface area contributed by atoms with Gasteiger partial charge in [-0.2, -0.15) is 5.10 Å². The quantitative estimate of drug-likeness (QED) is 0.813. The summed E-state index contributed by atoms with van der Waals surface area (Å²) in [6.45, 7) is 4.41. The van der Waals surface area contributed by atoms with Crippen molar-refractivity contribution in [3.63, 3.8) is 0 Å². The molecule has 2 aromatic rings. The highest BCUT2D eigenvalue weighted by molar-refractivity contribution is 7.98. The minimum Gasteiger partial charge on any atom is -0.471 e. The highest BCUT2D eigenvalue weighted by atomic mass is 32.2. The smallest absolute Gasteiger partial charge is 0.262 e. The van der Waals surface area contributed by atoms with Crippen LogP contribution in [0.5, 0.6) is 0 Å². The molecule has 1 aliphatic heterocycles. The normalized spacial score (nSPS) is 17.6. The summed E-state index contributed by atoms with van der Waals surface area (Å²) in [4.78, 5) is 5.34. The summed E-state index contributed by atoms with van der Waals surface area (Å²) in [6.07, 6.45) is -0.0128. The van der Waals surface area contributed by atoms with E-state index in [4.69, 9.17) is 9.57 Å². The van der Waals surface area contributed by atoms with Gasteiger partial charge < -0.3 is 9.57 Å². The Morgan fingerprint density at radius 1 is 1.32 bits per heavy atom. The van der Waals surface area contributed by atoms with Gasteiger partial charge in [0.05, 0.1) is 11.3 Å². The second-order valence-corrected chi connectivity index (χ2v) is 6.25. The number of aromatic nitrogens is 2. The van der Waals surface area contributed by atoms with Crippen LogP contribution in [0.4, 0.5) is 0 Å². The predicted molar refractivity (Wildman–Crippen MR) is 87.0 cm³/mol. The van der Waals surface area contributed by atoms with Gasteiger partial charge in [-0.3, -0.25) is 4.68 Å². The molecule has 0 aliphatic carbocycles. The summed E-state index contributed by atoms with van der Waals surface area (Å²) in [5.41, 5.74) is 3.10. The minimum atomic E-state index is -0.0128. The molecule has 1 aromatic carbocycles. The molecule has 5 nitrogen and oxygen atoms in total. The van der Waals surface area contributed by atoms with Crippen molar-refractivity contribution in [2.75, 3.05) is 6.61 Å². The van der Waals surface area contributed by atoms with Crippen LogP contribution in [0.1, 0.15) is 23.7 Å². The van der Waals surface area contributed by atoms with Gasteiger partial charge in [-0.15, -0.1) is 11.8 Å². The molecule has 0 amide bonds. The second-order valence-electron chi connectivity index (χ2n) is 5.29. The second kappa shape index (κ2) is 6.44. The van der Waals surface area contributed by atoms with Crippen LogP contribution in [-0.4, -0.2) is 28.4 Å². The maximum absolute atomic E-state index is 5.72. The average Bonchev–Trinajstić information content (AvgIpc) is 2.81. The number of ether oxygens (including phenoxy) is 1. The zero-order valence-corrected chi connectivity index (χ0v) is 13.8. The molecule has 0 saturated carbocycles. The van der Waals surface area contributed by atoms with Crippen LogP contribution in [0.2, 0.25) is 0 Å². The van der Waals surface area contributed by atoms with Crippen molar-refractivity contribution in [2.45, 2.75) is 30.7 Å².